The van der Waals surface area contributed by atoms with Crippen LogP contribution in [0.1, 0.15) is 17.4 Å². The first-order chi connectivity index (χ1) is 8.29. The van der Waals surface area contributed by atoms with Gasteiger partial charge in [0.2, 0.25) is 0 Å². The summed E-state index contributed by atoms with van der Waals surface area (Å²) in [5.41, 5.74) is 0.374. The number of nitrogens with one attached hydrogen (secondary N) is 2. The lowest BCUT2D eigenvalue weighted by Crippen LogP contribution is -2.14. The van der Waals surface area contributed by atoms with E-state index >= 15 is 0 Å². The van der Waals surface area contributed by atoms with Gasteiger partial charge in [0.15, 0.2) is 5.13 Å². The highest BCUT2D eigenvalue weighted by Gasteiger charge is 2.09. The molecule has 0 saturated carbocycles. The van der Waals surface area contributed by atoms with Gasteiger partial charge in [0, 0.05) is 18.1 Å². The lowest BCUT2D eigenvalue weighted by atomic mass is 10.3. The Bertz CT molecular complexity index is 498. The Morgan fingerprint density at radius 2 is 2.35 bits per heavy atom. The number of hydrogen-bond acceptors (Lipinski definition) is 5. The van der Waals surface area contributed by atoms with Crippen LogP contribution in [0.3, 0.4) is 0 Å². The Morgan fingerprint density at radius 3 is 3.06 bits per heavy atom. The minimum atomic E-state index is -0.250. The maximum Gasteiger partial charge on any atom is 0.276 e. The monoisotopic (exact) mass is 248 g/mol. The number of aromatic nitrogens is 2. The van der Waals surface area contributed by atoms with Crippen LogP contribution in [0.5, 0.6) is 0 Å². The van der Waals surface area contributed by atoms with Crippen LogP contribution in [0, 0.1) is 0 Å². The number of anilines is 2. The average molecular weight is 248 g/mol. The molecule has 0 spiro atoms. The molecule has 0 radical (unpaired) electrons. The van der Waals surface area contributed by atoms with E-state index in [0.29, 0.717) is 16.6 Å². The third kappa shape index (κ3) is 3.01. The Hall–Kier alpha value is -1.95. The third-order valence-electron chi connectivity index (χ3n) is 1.99. The molecule has 1 amide bonds. The van der Waals surface area contributed by atoms with Gasteiger partial charge in [-0.2, -0.15) is 0 Å². The smallest absolute Gasteiger partial charge is 0.276 e. The van der Waals surface area contributed by atoms with E-state index in [1.54, 1.807) is 23.7 Å². The van der Waals surface area contributed by atoms with Gasteiger partial charge < -0.3 is 5.32 Å². The fourth-order valence-corrected chi connectivity index (χ4v) is 1.81. The van der Waals surface area contributed by atoms with Crippen molar-refractivity contribution in [2.75, 3.05) is 17.2 Å². The molecule has 0 aliphatic rings. The predicted octanol–water partition coefficient (Wildman–Crippen LogP) is 2.22. The van der Waals surface area contributed by atoms with Crippen molar-refractivity contribution in [1.29, 1.82) is 0 Å². The summed E-state index contributed by atoms with van der Waals surface area (Å²) in [7, 11) is 0. The predicted molar refractivity (Wildman–Crippen MR) is 68.5 cm³/mol. The summed E-state index contributed by atoms with van der Waals surface area (Å²) in [6.07, 6.45) is 1.64. The second-order valence-electron chi connectivity index (χ2n) is 3.23. The van der Waals surface area contributed by atoms with E-state index in [0.717, 1.165) is 6.54 Å². The van der Waals surface area contributed by atoms with Crippen molar-refractivity contribution < 1.29 is 4.79 Å². The fourth-order valence-electron chi connectivity index (χ4n) is 1.29. The Morgan fingerprint density at radius 1 is 1.47 bits per heavy atom. The molecule has 0 aromatic carbocycles. The van der Waals surface area contributed by atoms with E-state index in [-0.39, 0.29) is 5.91 Å². The highest BCUT2D eigenvalue weighted by atomic mass is 32.1. The van der Waals surface area contributed by atoms with Gasteiger partial charge in [-0.05, 0) is 19.1 Å². The van der Waals surface area contributed by atoms with E-state index in [1.165, 1.54) is 11.3 Å². The van der Waals surface area contributed by atoms with Crippen LogP contribution >= 0.6 is 11.3 Å². The normalized spacial score (nSPS) is 9.94. The topological polar surface area (TPSA) is 66.9 Å². The molecule has 2 aromatic heterocycles. The zero-order valence-electron chi connectivity index (χ0n) is 9.30. The van der Waals surface area contributed by atoms with Crippen molar-refractivity contribution in [3.05, 3.63) is 35.5 Å². The zero-order chi connectivity index (χ0) is 12.1. The van der Waals surface area contributed by atoms with Crippen LogP contribution in [-0.2, 0) is 0 Å². The zero-order valence-corrected chi connectivity index (χ0v) is 10.1. The van der Waals surface area contributed by atoms with E-state index in [4.69, 9.17) is 0 Å². The lowest BCUT2D eigenvalue weighted by molar-refractivity contribution is 0.102. The Kier molecular flexibility index (Phi) is 3.66. The van der Waals surface area contributed by atoms with Crippen molar-refractivity contribution in [3.63, 3.8) is 0 Å². The molecule has 2 rings (SSSR count). The molecule has 5 nitrogen and oxygen atoms in total. The number of thiazole rings is 1. The number of carbonyl (C=O) groups excluding carboxylic acids is 1. The van der Waals surface area contributed by atoms with E-state index in [9.17, 15) is 4.79 Å². The second-order valence-corrected chi connectivity index (χ2v) is 4.12. The SMILES string of the molecule is CCNc1cccc(C(=O)Nc2nccs2)n1. The second kappa shape index (κ2) is 5.40. The summed E-state index contributed by atoms with van der Waals surface area (Å²) in [4.78, 5) is 20.0. The number of amides is 1. The van der Waals surface area contributed by atoms with Gasteiger partial charge in [-0.3, -0.25) is 10.1 Å². The van der Waals surface area contributed by atoms with Crippen LogP contribution in [0.4, 0.5) is 10.9 Å². The molecule has 0 saturated heterocycles. The molecule has 2 heterocycles. The summed E-state index contributed by atoms with van der Waals surface area (Å²) < 4.78 is 0. The average Bonchev–Trinajstić information content (AvgIpc) is 2.83. The van der Waals surface area contributed by atoms with Crippen LogP contribution in [0.25, 0.3) is 0 Å². The first-order valence-electron chi connectivity index (χ1n) is 5.21. The van der Waals surface area contributed by atoms with Crippen LogP contribution in [0.2, 0.25) is 0 Å². The molecule has 2 aromatic rings. The van der Waals surface area contributed by atoms with Gasteiger partial charge in [0.05, 0.1) is 0 Å². The van der Waals surface area contributed by atoms with Crippen LogP contribution in [0.15, 0.2) is 29.8 Å². The maximum absolute atomic E-state index is 11.8. The quantitative estimate of drug-likeness (QED) is 0.870. The third-order valence-corrected chi connectivity index (χ3v) is 2.68. The molecule has 0 fully saturated rings. The van der Waals surface area contributed by atoms with Gasteiger partial charge in [0.1, 0.15) is 11.5 Å². The number of hydrogen-bond donors (Lipinski definition) is 2. The molecular weight excluding hydrogens is 236 g/mol. The van der Waals surface area contributed by atoms with Crippen LogP contribution < -0.4 is 10.6 Å². The molecule has 0 atom stereocenters. The molecule has 6 heteroatoms. The molecule has 17 heavy (non-hydrogen) atoms. The van der Waals surface area contributed by atoms with Crippen molar-refractivity contribution in [3.8, 4) is 0 Å². The molecule has 0 unspecified atom stereocenters. The van der Waals surface area contributed by atoms with Crippen molar-refractivity contribution in [1.82, 2.24) is 9.97 Å². The molecule has 0 bridgehead atoms. The molecule has 88 valence electrons. The standard InChI is InChI=1S/C11H12N4OS/c1-2-12-9-5-3-4-8(14-9)10(16)15-11-13-6-7-17-11/h3-7H,2H2,1H3,(H,12,14)(H,13,15,16). The summed E-state index contributed by atoms with van der Waals surface area (Å²) in [6, 6.07) is 5.29. The number of nitrogens with zero attached hydrogens (tertiary/aromatic N) is 2. The molecule has 0 aliphatic heterocycles. The molecular formula is C11H12N4OS. The fraction of sp³-hybridized carbons (Fsp3) is 0.182. The van der Waals surface area contributed by atoms with E-state index in [2.05, 4.69) is 20.6 Å². The summed E-state index contributed by atoms with van der Waals surface area (Å²) in [5, 5.41) is 8.12. The largest absolute Gasteiger partial charge is 0.370 e. The van der Waals surface area contributed by atoms with E-state index < -0.39 is 0 Å². The number of rotatable bonds is 4. The molecule has 2 N–H and O–H groups in total. The van der Waals surface area contributed by atoms with Gasteiger partial charge in [-0.15, -0.1) is 11.3 Å². The van der Waals surface area contributed by atoms with Crippen molar-refractivity contribution in [2.45, 2.75) is 6.92 Å². The minimum absolute atomic E-state index is 0.250. The lowest BCUT2D eigenvalue weighted by Gasteiger charge is -2.04. The van der Waals surface area contributed by atoms with Crippen molar-refractivity contribution >= 4 is 28.2 Å². The van der Waals surface area contributed by atoms with Gasteiger partial charge in [-0.25, -0.2) is 9.97 Å². The number of carbonyl (C=O) groups is 1. The van der Waals surface area contributed by atoms with Crippen molar-refractivity contribution in [2.24, 2.45) is 0 Å². The summed E-state index contributed by atoms with van der Waals surface area (Å²) in [6.45, 7) is 2.74. The van der Waals surface area contributed by atoms with Gasteiger partial charge in [-0.1, -0.05) is 6.07 Å². The Labute approximate surface area is 103 Å². The van der Waals surface area contributed by atoms with Gasteiger partial charge >= 0.3 is 0 Å². The van der Waals surface area contributed by atoms with E-state index in [1.807, 2.05) is 13.0 Å². The maximum atomic E-state index is 11.8. The summed E-state index contributed by atoms with van der Waals surface area (Å²) >= 11 is 1.37. The van der Waals surface area contributed by atoms with Crippen LogP contribution in [-0.4, -0.2) is 22.4 Å². The van der Waals surface area contributed by atoms with Gasteiger partial charge in [0.25, 0.3) is 5.91 Å². The number of pyridine rings is 1. The molecule has 0 aliphatic carbocycles. The first kappa shape index (κ1) is 11.5. The highest BCUT2D eigenvalue weighted by molar-refractivity contribution is 7.13. The Balaban J connectivity index is 2.11. The highest BCUT2D eigenvalue weighted by Crippen LogP contribution is 2.12. The minimum Gasteiger partial charge on any atom is -0.370 e. The first-order valence-corrected chi connectivity index (χ1v) is 6.09. The summed E-state index contributed by atoms with van der Waals surface area (Å²) in [5.74, 6) is 0.444.